The molecule has 5 heteroatoms. The Labute approximate surface area is 114 Å². The molecule has 1 aliphatic heterocycles. The number of thioether (sulfide) groups is 1. The Bertz CT molecular complexity index is 345. The lowest BCUT2D eigenvalue weighted by Gasteiger charge is -2.26. The maximum Gasteiger partial charge on any atom is 0.0951 e. The molecule has 0 aromatic carbocycles. The molecule has 1 N–H and O–H groups in total. The molecule has 0 aliphatic carbocycles. The van der Waals surface area contributed by atoms with Crippen LogP contribution < -0.4 is 5.32 Å². The zero-order valence-electron chi connectivity index (χ0n) is 11.4. The van der Waals surface area contributed by atoms with E-state index >= 15 is 0 Å². The number of hydrogen-bond acceptors (Lipinski definition) is 4. The third kappa shape index (κ3) is 4.00. The van der Waals surface area contributed by atoms with Gasteiger partial charge in [0.25, 0.3) is 0 Å². The van der Waals surface area contributed by atoms with E-state index < -0.39 is 0 Å². The molecule has 0 atom stereocenters. The van der Waals surface area contributed by atoms with Crippen molar-refractivity contribution in [1.29, 1.82) is 0 Å². The summed E-state index contributed by atoms with van der Waals surface area (Å²) < 4.78 is 2.23. The van der Waals surface area contributed by atoms with Crippen molar-refractivity contribution in [2.45, 2.75) is 26.4 Å². The van der Waals surface area contributed by atoms with Gasteiger partial charge in [-0.25, -0.2) is 4.98 Å². The molecule has 18 heavy (non-hydrogen) atoms. The minimum atomic E-state index is 0.489. The van der Waals surface area contributed by atoms with Crippen molar-refractivity contribution >= 4 is 11.8 Å². The van der Waals surface area contributed by atoms with Crippen LogP contribution in [-0.4, -0.2) is 52.1 Å². The highest BCUT2D eigenvalue weighted by molar-refractivity contribution is 7.99. The first kappa shape index (κ1) is 13.9. The van der Waals surface area contributed by atoms with Gasteiger partial charge in [0.2, 0.25) is 0 Å². The zero-order valence-corrected chi connectivity index (χ0v) is 12.2. The molecular formula is C13H24N4S. The number of rotatable bonds is 6. The van der Waals surface area contributed by atoms with Crippen molar-refractivity contribution in [3.8, 4) is 0 Å². The molecule has 2 heterocycles. The molecule has 0 radical (unpaired) electrons. The van der Waals surface area contributed by atoms with Crippen LogP contribution in [0, 0.1) is 0 Å². The van der Waals surface area contributed by atoms with Crippen LogP contribution in [0.4, 0.5) is 0 Å². The highest BCUT2D eigenvalue weighted by atomic mass is 32.2. The zero-order chi connectivity index (χ0) is 12.8. The van der Waals surface area contributed by atoms with Gasteiger partial charge in [0.1, 0.15) is 0 Å². The second-order valence-electron chi connectivity index (χ2n) is 5.02. The minimum Gasteiger partial charge on any atom is -0.331 e. The summed E-state index contributed by atoms with van der Waals surface area (Å²) in [6.07, 6.45) is 3.88. The Morgan fingerprint density at radius 3 is 2.89 bits per heavy atom. The van der Waals surface area contributed by atoms with Gasteiger partial charge >= 0.3 is 0 Å². The van der Waals surface area contributed by atoms with Gasteiger partial charge in [-0.1, -0.05) is 0 Å². The largest absolute Gasteiger partial charge is 0.331 e. The van der Waals surface area contributed by atoms with Crippen molar-refractivity contribution in [3.63, 3.8) is 0 Å². The number of imidazole rings is 1. The summed E-state index contributed by atoms with van der Waals surface area (Å²) >= 11 is 2.07. The molecular weight excluding hydrogens is 244 g/mol. The average molecular weight is 268 g/mol. The third-order valence-corrected chi connectivity index (χ3v) is 4.26. The molecule has 1 aromatic rings. The number of nitrogens with zero attached hydrogens (tertiary/aromatic N) is 3. The molecule has 1 aliphatic rings. The van der Waals surface area contributed by atoms with Crippen molar-refractivity contribution in [2.24, 2.45) is 0 Å². The number of aromatic nitrogens is 2. The molecule has 0 amide bonds. The molecule has 4 nitrogen and oxygen atoms in total. The van der Waals surface area contributed by atoms with Crippen molar-refractivity contribution in [3.05, 3.63) is 18.2 Å². The molecule has 1 fully saturated rings. The summed E-state index contributed by atoms with van der Waals surface area (Å²) in [5.74, 6) is 2.58. The Kier molecular flexibility index (Phi) is 5.53. The second-order valence-corrected chi connectivity index (χ2v) is 6.24. The Hall–Kier alpha value is -0.520. The highest BCUT2D eigenvalue weighted by Crippen LogP contribution is 2.09. The van der Waals surface area contributed by atoms with Gasteiger partial charge in [0.15, 0.2) is 0 Å². The lowest BCUT2D eigenvalue weighted by Crippen LogP contribution is -2.37. The standard InChI is InChI=1S/C13H24N4S/c1-12(2)17-11-15-10-13(17)9-14-3-4-16-5-7-18-8-6-16/h10-12,14H,3-9H2,1-2H3. The average Bonchev–Trinajstić information content (AvgIpc) is 2.84. The quantitative estimate of drug-likeness (QED) is 0.795. The van der Waals surface area contributed by atoms with Crippen LogP contribution in [0.2, 0.25) is 0 Å². The van der Waals surface area contributed by atoms with Gasteiger partial charge in [0.05, 0.1) is 12.0 Å². The smallest absolute Gasteiger partial charge is 0.0951 e. The van der Waals surface area contributed by atoms with Crippen LogP contribution in [0.3, 0.4) is 0 Å². The SMILES string of the molecule is CC(C)n1cncc1CNCCN1CCSCC1. The maximum absolute atomic E-state index is 4.22. The first-order chi connectivity index (χ1) is 8.77. The van der Waals surface area contributed by atoms with E-state index in [0.29, 0.717) is 6.04 Å². The third-order valence-electron chi connectivity index (χ3n) is 3.32. The van der Waals surface area contributed by atoms with E-state index in [2.05, 4.69) is 45.4 Å². The molecule has 0 bridgehead atoms. The Morgan fingerprint density at radius 1 is 1.39 bits per heavy atom. The van der Waals surface area contributed by atoms with Gasteiger partial charge in [-0.2, -0.15) is 11.8 Å². The van der Waals surface area contributed by atoms with E-state index in [-0.39, 0.29) is 0 Å². The molecule has 1 aromatic heterocycles. The van der Waals surface area contributed by atoms with Crippen molar-refractivity contribution in [1.82, 2.24) is 19.8 Å². The summed E-state index contributed by atoms with van der Waals surface area (Å²) in [6.45, 7) is 10.0. The fourth-order valence-corrected chi connectivity index (χ4v) is 3.19. The summed E-state index contributed by atoms with van der Waals surface area (Å²) in [7, 11) is 0. The molecule has 2 rings (SSSR count). The lowest BCUT2D eigenvalue weighted by atomic mass is 10.3. The summed E-state index contributed by atoms with van der Waals surface area (Å²) in [5.41, 5.74) is 1.28. The molecule has 0 saturated carbocycles. The van der Waals surface area contributed by atoms with Crippen LogP contribution >= 0.6 is 11.8 Å². The van der Waals surface area contributed by atoms with Crippen LogP contribution in [0.5, 0.6) is 0 Å². The summed E-state index contributed by atoms with van der Waals surface area (Å²) in [4.78, 5) is 6.77. The van der Waals surface area contributed by atoms with E-state index in [0.717, 1.165) is 19.6 Å². The Morgan fingerprint density at radius 2 is 2.17 bits per heavy atom. The molecule has 0 unspecified atom stereocenters. The van der Waals surface area contributed by atoms with Gasteiger partial charge in [-0.3, -0.25) is 0 Å². The summed E-state index contributed by atoms with van der Waals surface area (Å²) in [5, 5.41) is 3.52. The monoisotopic (exact) mass is 268 g/mol. The number of hydrogen-bond donors (Lipinski definition) is 1. The lowest BCUT2D eigenvalue weighted by molar-refractivity contribution is 0.300. The Balaban J connectivity index is 1.66. The predicted octanol–water partition coefficient (Wildman–Crippen LogP) is 1.60. The topological polar surface area (TPSA) is 33.1 Å². The number of nitrogens with one attached hydrogen (secondary N) is 1. The molecule has 102 valence electrons. The minimum absolute atomic E-state index is 0.489. The first-order valence-corrected chi connectivity index (χ1v) is 7.94. The van der Waals surface area contributed by atoms with Crippen molar-refractivity contribution < 1.29 is 0 Å². The molecule has 0 spiro atoms. The van der Waals surface area contributed by atoms with Gasteiger partial charge in [-0.05, 0) is 13.8 Å². The van der Waals surface area contributed by atoms with Gasteiger partial charge in [-0.15, -0.1) is 0 Å². The van der Waals surface area contributed by atoms with E-state index in [4.69, 9.17) is 0 Å². The van der Waals surface area contributed by atoms with Crippen LogP contribution in [0.25, 0.3) is 0 Å². The fraction of sp³-hybridized carbons (Fsp3) is 0.769. The van der Waals surface area contributed by atoms with Gasteiger partial charge in [0, 0.05) is 56.5 Å². The second kappa shape index (κ2) is 7.16. The van der Waals surface area contributed by atoms with E-state index in [1.165, 1.54) is 30.3 Å². The van der Waals surface area contributed by atoms with Crippen LogP contribution in [0.15, 0.2) is 12.5 Å². The van der Waals surface area contributed by atoms with E-state index in [9.17, 15) is 0 Å². The van der Waals surface area contributed by atoms with Crippen molar-refractivity contribution in [2.75, 3.05) is 37.7 Å². The predicted molar refractivity (Wildman–Crippen MR) is 78.1 cm³/mol. The van der Waals surface area contributed by atoms with E-state index in [1.54, 1.807) is 0 Å². The fourth-order valence-electron chi connectivity index (χ4n) is 2.21. The molecule has 1 saturated heterocycles. The first-order valence-electron chi connectivity index (χ1n) is 6.79. The van der Waals surface area contributed by atoms with E-state index in [1.807, 2.05) is 12.5 Å². The highest BCUT2D eigenvalue weighted by Gasteiger charge is 2.09. The maximum atomic E-state index is 4.22. The summed E-state index contributed by atoms with van der Waals surface area (Å²) in [6, 6.07) is 0.489. The van der Waals surface area contributed by atoms with Crippen LogP contribution in [-0.2, 0) is 6.54 Å². The normalized spacial score (nSPS) is 17.5. The van der Waals surface area contributed by atoms with Gasteiger partial charge < -0.3 is 14.8 Å². The van der Waals surface area contributed by atoms with Crippen LogP contribution in [0.1, 0.15) is 25.6 Å².